The van der Waals surface area contributed by atoms with E-state index in [4.69, 9.17) is 9.47 Å². The van der Waals surface area contributed by atoms with E-state index in [1.807, 2.05) is 0 Å². The van der Waals surface area contributed by atoms with Crippen LogP contribution in [0.5, 0.6) is 0 Å². The van der Waals surface area contributed by atoms with Crippen LogP contribution in [0.4, 0.5) is 0 Å². The molecule has 3 heteroatoms. The largest absolute Gasteiger partial charge is 0.391 e. The van der Waals surface area contributed by atoms with Gasteiger partial charge in [-0.1, -0.05) is 64.7 Å². The van der Waals surface area contributed by atoms with E-state index < -0.39 is 0 Å². The standard InChI is InChI=1S/C17H36O3/c1-3-4-5-6-7-8-9-10-11-12-14-20-16-17(18)13-15-19-2/h17-18H,3-16H2,1-2H3. The Morgan fingerprint density at radius 2 is 1.35 bits per heavy atom. The van der Waals surface area contributed by atoms with Crippen molar-refractivity contribution >= 4 is 0 Å². The number of hydrogen-bond acceptors (Lipinski definition) is 3. The lowest BCUT2D eigenvalue weighted by molar-refractivity contribution is 0.0183. The summed E-state index contributed by atoms with van der Waals surface area (Å²) in [6.45, 7) is 4.09. The first kappa shape index (κ1) is 19.9. The van der Waals surface area contributed by atoms with Gasteiger partial charge >= 0.3 is 0 Å². The van der Waals surface area contributed by atoms with Gasteiger partial charge in [0, 0.05) is 20.3 Å². The Morgan fingerprint density at radius 3 is 1.90 bits per heavy atom. The zero-order chi connectivity index (χ0) is 14.9. The van der Waals surface area contributed by atoms with Crippen molar-refractivity contribution in [3.63, 3.8) is 0 Å². The summed E-state index contributed by atoms with van der Waals surface area (Å²) in [5.74, 6) is 0. The lowest BCUT2D eigenvalue weighted by atomic mass is 10.1. The fraction of sp³-hybridized carbons (Fsp3) is 1.00. The lowest BCUT2D eigenvalue weighted by Crippen LogP contribution is -2.17. The molecular formula is C17H36O3. The van der Waals surface area contributed by atoms with Crippen LogP contribution < -0.4 is 0 Å². The Kier molecular flexibility index (Phi) is 16.8. The highest BCUT2D eigenvalue weighted by Gasteiger charge is 2.03. The zero-order valence-corrected chi connectivity index (χ0v) is 13.7. The van der Waals surface area contributed by atoms with Crippen molar-refractivity contribution in [2.24, 2.45) is 0 Å². The average molecular weight is 288 g/mol. The third-order valence-corrected chi connectivity index (χ3v) is 3.61. The Hall–Kier alpha value is -0.120. The zero-order valence-electron chi connectivity index (χ0n) is 13.7. The van der Waals surface area contributed by atoms with Gasteiger partial charge in [-0.15, -0.1) is 0 Å². The van der Waals surface area contributed by atoms with E-state index in [-0.39, 0.29) is 6.10 Å². The number of aliphatic hydroxyl groups excluding tert-OH is 1. The molecule has 1 N–H and O–H groups in total. The van der Waals surface area contributed by atoms with Gasteiger partial charge in [0.25, 0.3) is 0 Å². The molecule has 3 nitrogen and oxygen atoms in total. The van der Waals surface area contributed by atoms with Crippen LogP contribution in [0.25, 0.3) is 0 Å². The van der Waals surface area contributed by atoms with Crippen molar-refractivity contribution < 1.29 is 14.6 Å². The van der Waals surface area contributed by atoms with E-state index in [9.17, 15) is 5.11 Å². The van der Waals surface area contributed by atoms with Gasteiger partial charge in [-0.2, -0.15) is 0 Å². The first-order valence-corrected chi connectivity index (χ1v) is 8.56. The maximum Gasteiger partial charge on any atom is 0.0795 e. The van der Waals surface area contributed by atoms with Crippen molar-refractivity contribution in [2.75, 3.05) is 26.9 Å². The molecule has 20 heavy (non-hydrogen) atoms. The first-order chi connectivity index (χ1) is 9.81. The van der Waals surface area contributed by atoms with Gasteiger partial charge in [-0.25, -0.2) is 0 Å². The Morgan fingerprint density at radius 1 is 0.800 bits per heavy atom. The van der Waals surface area contributed by atoms with Crippen LogP contribution in [-0.2, 0) is 9.47 Å². The van der Waals surface area contributed by atoms with E-state index in [0.29, 0.717) is 19.6 Å². The van der Waals surface area contributed by atoms with Crippen molar-refractivity contribution in [3.8, 4) is 0 Å². The van der Waals surface area contributed by atoms with Gasteiger partial charge in [0.2, 0.25) is 0 Å². The monoisotopic (exact) mass is 288 g/mol. The fourth-order valence-electron chi connectivity index (χ4n) is 2.25. The predicted octanol–water partition coefficient (Wildman–Crippen LogP) is 4.32. The maximum absolute atomic E-state index is 9.54. The summed E-state index contributed by atoms with van der Waals surface area (Å²) < 4.78 is 10.4. The van der Waals surface area contributed by atoms with Gasteiger partial charge in [0.05, 0.1) is 12.7 Å². The number of ether oxygens (including phenoxy) is 2. The molecule has 0 fully saturated rings. The molecule has 0 bridgehead atoms. The smallest absolute Gasteiger partial charge is 0.0795 e. The molecule has 0 aromatic heterocycles. The van der Waals surface area contributed by atoms with E-state index in [0.717, 1.165) is 13.0 Å². The van der Waals surface area contributed by atoms with Crippen molar-refractivity contribution in [3.05, 3.63) is 0 Å². The second-order valence-corrected chi connectivity index (χ2v) is 5.69. The Bertz CT molecular complexity index is 174. The highest BCUT2D eigenvalue weighted by molar-refractivity contribution is 4.53. The van der Waals surface area contributed by atoms with Crippen LogP contribution in [0.2, 0.25) is 0 Å². The summed E-state index contributed by atoms with van der Waals surface area (Å²) in [5, 5.41) is 9.54. The summed E-state index contributed by atoms with van der Waals surface area (Å²) in [6, 6.07) is 0. The third kappa shape index (κ3) is 15.9. The molecule has 1 unspecified atom stereocenters. The van der Waals surface area contributed by atoms with E-state index in [1.165, 1.54) is 57.8 Å². The van der Waals surface area contributed by atoms with E-state index in [1.54, 1.807) is 7.11 Å². The van der Waals surface area contributed by atoms with Crippen LogP contribution in [0.1, 0.15) is 77.6 Å². The number of aliphatic hydroxyl groups is 1. The highest BCUT2D eigenvalue weighted by atomic mass is 16.5. The molecule has 0 aromatic carbocycles. The highest BCUT2D eigenvalue weighted by Crippen LogP contribution is 2.10. The van der Waals surface area contributed by atoms with E-state index >= 15 is 0 Å². The molecule has 0 aliphatic carbocycles. The summed E-state index contributed by atoms with van der Waals surface area (Å²) in [4.78, 5) is 0. The molecule has 0 rings (SSSR count). The van der Waals surface area contributed by atoms with Crippen LogP contribution in [0.15, 0.2) is 0 Å². The number of hydrogen-bond donors (Lipinski definition) is 1. The molecule has 0 amide bonds. The van der Waals surface area contributed by atoms with Crippen LogP contribution in [0, 0.1) is 0 Å². The van der Waals surface area contributed by atoms with Crippen LogP contribution >= 0.6 is 0 Å². The number of methoxy groups -OCH3 is 1. The minimum atomic E-state index is -0.377. The molecule has 0 spiro atoms. The predicted molar refractivity (Wildman–Crippen MR) is 85.2 cm³/mol. The van der Waals surface area contributed by atoms with Crippen LogP contribution in [0.3, 0.4) is 0 Å². The quantitative estimate of drug-likeness (QED) is 0.430. The molecule has 122 valence electrons. The molecule has 0 aliphatic rings. The number of rotatable bonds is 16. The maximum atomic E-state index is 9.54. The van der Waals surface area contributed by atoms with Gasteiger partial charge in [0.1, 0.15) is 0 Å². The normalized spacial score (nSPS) is 12.8. The van der Waals surface area contributed by atoms with Crippen molar-refractivity contribution in [1.82, 2.24) is 0 Å². The molecule has 0 aromatic rings. The van der Waals surface area contributed by atoms with Crippen molar-refractivity contribution in [1.29, 1.82) is 0 Å². The topological polar surface area (TPSA) is 38.7 Å². The first-order valence-electron chi connectivity index (χ1n) is 8.56. The van der Waals surface area contributed by atoms with Gasteiger partial charge in [-0.05, 0) is 12.8 Å². The molecule has 0 radical (unpaired) electrons. The molecule has 1 atom stereocenters. The van der Waals surface area contributed by atoms with E-state index in [2.05, 4.69) is 6.92 Å². The number of unbranched alkanes of at least 4 members (excludes halogenated alkanes) is 9. The second kappa shape index (κ2) is 16.9. The van der Waals surface area contributed by atoms with Gasteiger partial charge in [0.15, 0.2) is 0 Å². The lowest BCUT2D eigenvalue weighted by Gasteiger charge is -2.10. The molecule has 0 heterocycles. The minimum Gasteiger partial charge on any atom is -0.391 e. The molecule has 0 saturated heterocycles. The molecule has 0 saturated carbocycles. The Labute approximate surface area is 126 Å². The third-order valence-electron chi connectivity index (χ3n) is 3.61. The molecular weight excluding hydrogens is 252 g/mol. The minimum absolute atomic E-state index is 0.377. The average Bonchev–Trinajstić information content (AvgIpc) is 2.46. The fourth-order valence-corrected chi connectivity index (χ4v) is 2.25. The SMILES string of the molecule is CCCCCCCCCCCCOCC(O)CCOC. The van der Waals surface area contributed by atoms with Gasteiger partial charge < -0.3 is 14.6 Å². The summed E-state index contributed by atoms with van der Waals surface area (Å²) in [5.41, 5.74) is 0. The second-order valence-electron chi connectivity index (χ2n) is 5.69. The molecule has 0 aliphatic heterocycles. The van der Waals surface area contributed by atoms with Crippen molar-refractivity contribution in [2.45, 2.75) is 83.7 Å². The summed E-state index contributed by atoms with van der Waals surface area (Å²) in [6.07, 6.45) is 13.7. The summed E-state index contributed by atoms with van der Waals surface area (Å²) >= 11 is 0. The summed E-state index contributed by atoms with van der Waals surface area (Å²) in [7, 11) is 1.65. The van der Waals surface area contributed by atoms with Gasteiger partial charge in [-0.3, -0.25) is 0 Å². The Balaban J connectivity index is 3.02. The van der Waals surface area contributed by atoms with Crippen LogP contribution in [-0.4, -0.2) is 38.1 Å².